The van der Waals surface area contributed by atoms with Gasteiger partial charge in [0.25, 0.3) is 0 Å². The number of carbonyl (C=O) groups is 2. The largest absolute Gasteiger partial charge is 0.481 e. The maximum absolute atomic E-state index is 11.9. The third-order valence-electron chi connectivity index (χ3n) is 3.84. The van der Waals surface area contributed by atoms with Gasteiger partial charge in [0.1, 0.15) is 0 Å². The minimum Gasteiger partial charge on any atom is -0.481 e. The molecule has 0 atom stereocenters. The standard InChI is InChI=1S/C15H28N2O4/c1-4-21-10-15(2,3)9-16-14(20)17-12-7-5-11(6-8-12)13(18)19/h11-12H,4-10H2,1-3H3,(H,18,19)(H2,16,17,20). The van der Waals surface area contributed by atoms with Gasteiger partial charge in [0.15, 0.2) is 0 Å². The fourth-order valence-electron chi connectivity index (χ4n) is 2.47. The Morgan fingerprint density at radius 1 is 1.24 bits per heavy atom. The number of carboxylic acids is 1. The Hall–Kier alpha value is -1.30. The van der Waals surface area contributed by atoms with Gasteiger partial charge in [-0.25, -0.2) is 4.79 Å². The summed E-state index contributed by atoms with van der Waals surface area (Å²) < 4.78 is 5.39. The zero-order chi connectivity index (χ0) is 15.9. The van der Waals surface area contributed by atoms with Gasteiger partial charge in [-0.3, -0.25) is 4.79 Å². The van der Waals surface area contributed by atoms with Crippen LogP contribution in [0.4, 0.5) is 4.79 Å². The predicted octanol–water partition coefficient (Wildman–Crippen LogP) is 1.99. The molecule has 21 heavy (non-hydrogen) atoms. The number of hydrogen-bond donors (Lipinski definition) is 3. The molecule has 122 valence electrons. The van der Waals surface area contributed by atoms with Crippen LogP contribution in [0.25, 0.3) is 0 Å². The fraction of sp³-hybridized carbons (Fsp3) is 0.867. The Labute approximate surface area is 126 Å². The average Bonchev–Trinajstić information content (AvgIpc) is 2.44. The highest BCUT2D eigenvalue weighted by Crippen LogP contribution is 2.24. The van der Waals surface area contributed by atoms with Gasteiger partial charge in [-0.05, 0) is 32.6 Å². The minimum atomic E-state index is -0.726. The summed E-state index contributed by atoms with van der Waals surface area (Å²) >= 11 is 0. The summed E-state index contributed by atoms with van der Waals surface area (Å²) in [6, 6.07) is -0.103. The molecule has 0 aromatic carbocycles. The lowest BCUT2D eigenvalue weighted by Crippen LogP contribution is -2.47. The first-order chi connectivity index (χ1) is 9.84. The number of ether oxygens (including phenoxy) is 1. The van der Waals surface area contributed by atoms with Crippen molar-refractivity contribution in [3.63, 3.8) is 0 Å². The van der Waals surface area contributed by atoms with Crippen LogP contribution in [-0.2, 0) is 9.53 Å². The molecule has 0 heterocycles. The van der Waals surface area contributed by atoms with E-state index in [1.165, 1.54) is 0 Å². The molecule has 0 radical (unpaired) electrons. The van der Waals surface area contributed by atoms with E-state index >= 15 is 0 Å². The molecule has 6 nitrogen and oxygen atoms in total. The quantitative estimate of drug-likeness (QED) is 0.671. The number of nitrogens with one attached hydrogen (secondary N) is 2. The van der Waals surface area contributed by atoms with Gasteiger partial charge >= 0.3 is 12.0 Å². The molecule has 0 spiro atoms. The highest BCUT2D eigenvalue weighted by molar-refractivity contribution is 5.74. The third kappa shape index (κ3) is 6.80. The van der Waals surface area contributed by atoms with E-state index in [2.05, 4.69) is 10.6 Å². The molecule has 1 aliphatic carbocycles. The van der Waals surface area contributed by atoms with Crippen LogP contribution in [0.1, 0.15) is 46.5 Å². The SMILES string of the molecule is CCOCC(C)(C)CNC(=O)NC1CCC(C(=O)O)CC1. The summed E-state index contributed by atoms with van der Waals surface area (Å²) in [6.45, 7) is 7.85. The van der Waals surface area contributed by atoms with Gasteiger partial charge in [-0.15, -0.1) is 0 Å². The Morgan fingerprint density at radius 2 is 1.86 bits per heavy atom. The summed E-state index contributed by atoms with van der Waals surface area (Å²) in [6.07, 6.45) is 2.73. The van der Waals surface area contributed by atoms with Crippen molar-refractivity contribution < 1.29 is 19.4 Å². The lowest BCUT2D eigenvalue weighted by Gasteiger charge is -2.28. The van der Waals surface area contributed by atoms with Gasteiger partial charge in [0.2, 0.25) is 0 Å². The van der Waals surface area contributed by atoms with Crippen molar-refractivity contribution in [1.82, 2.24) is 10.6 Å². The Bertz CT molecular complexity index is 350. The number of hydrogen-bond acceptors (Lipinski definition) is 3. The first kappa shape index (κ1) is 17.8. The van der Waals surface area contributed by atoms with Crippen molar-refractivity contribution in [2.45, 2.75) is 52.5 Å². The van der Waals surface area contributed by atoms with Crippen LogP contribution >= 0.6 is 0 Å². The summed E-state index contributed by atoms with van der Waals surface area (Å²) in [5.41, 5.74) is -0.103. The lowest BCUT2D eigenvalue weighted by atomic mass is 9.86. The fourth-order valence-corrected chi connectivity index (χ4v) is 2.47. The Kier molecular flexibility index (Phi) is 6.95. The van der Waals surface area contributed by atoms with E-state index in [9.17, 15) is 9.59 Å². The molecule has 6 heteroatoms. The van der Waals surface area contributed by atoms with Crippen molar-refractivity contribution in [2.24, 2.45) is 11.3 Å². The van der Waals surface area contributed by atoms with Gasteiger partial charge in [-0.2, -0.15) is 0 Å². The number of aliphatic carboxylic acids is 1. The molecule has 1 aliphatic rings. The molecule has 1 saturated carbocycles. The zero-order valence-corrected chi connectivity index (χ0v) is 13.3. The van der Waals surface area contributed by atoms with Crippen LogP contribution in [0.3, 0.4) is 0 Å². The van der Waals surface area contributed by atoms with Gasteiger partial charge in [0, 0.05) is 24.6 Å². The highest BCUT2D eigenvalue weighted by Gasteiger charge is 2.27. The van der Waals surface area contributed by atoms with Crippen LogP contribution in [0.5, 0.6) is 0 Å². The molecular weight excluding hydrogens is 272 g/mol. The van der Waals surface area contributed by atoms with E-state index in [-0.39, 0.29) is 23.4 Å². The molecular formula is C15H28N2O4. The molecule has 0 bridgehead atoms. The molecule has 1 rings (SSSR count). The zero-order valence-electron chi connectivity index (χ0n) is 13.3. The van der Waals surface area contributed by atoms with E-state index in [0.29, 0.717) is 32.6 Å². The molecule has 0 aromatic rings. The van der Waals surface area contributed by atoms with Crippen molar-refractivity contribution in [3.05, 3.63) is 0 Å². The van der Waals surface area contributed by atoms with E-state index in [0.717, 1.165) is 12.8 Å². The topological polar surface area (TPSA) is 87.7 Å². The second kappa shape index (κ2) is 8.22. The molecule has 0 saturated heterocycles. The van der Waals surface area contributed by atoms with Gasteiger partial charge in [0.05, 0.1) is 12.5 Å². The number of amides is 2. The molecule has 3 N–H and O–H groups in total. The smallest absolute Gasteiger partial charge is 0.315 e. The first-order valence-electron chi connectivity index (χ1n) is 7.69. The number of carbonyl (C=O) groups excluding carboxylic acids is 1. The van der Waals surface area contributed by atoms with Crippen LogP contribution in [0.2, 0.25) is 0 Å². The molecule has 0 aliphatic heterocycles. The van der Waals surface area contributed by atoms with Gasteiger partial charge < -0.3 is 20.5 Å². The molecule has 2 amide bonds. The Morgan fingerprint density at radius 3 is 2.38 bits per heavy atom. The monoisotopic (exact) mass is 300 g/mol. The average molecular weight is 300 g/mol. The van der Waals surface area contributed by atoms with E-state index in [1.54, 1.807) is 0 Å². The summed E-state index contributed by atoms with van der Waals surface area (Å²) in [4.78, 5) is 22.7. The first-order valence-corrected chi connectivity index (χ1v) is 7.69. The van der Waals surface area contributed by atoms with Crippen molar-refractivity contribution in [2.75, 3.05) is 19.8 Å². The highest BCUT2D eigenvalue weighted by atomic mass is 16.5. The number of rotatable bonds is 7. The van der Waals surface area contributed by atoms with Crippen molar-refractivity contribution in [1.29, 1.82) is 0 Å². The van der Waals surface area contributed by atoms with E-state index in [4.69, 9.17) is 9.84 Å². The summed E-state index contributed by atoms with van der Waals surface area (Å²) in [5, 5.41) is 14.7. The van der Waals surface area contributed by atoms with Crippen LogP contribution in [0, 0.1) is 11.3 Å². The number of urea groups is 1. The van der Waals surface area contributed by atoms with Crippen LogP contribution < -0.4 is 10.6 Å². The lowest BCUT2D eigenvalue weighted by molar-refractivity contribution is -0.142. The Balaban J connectivity index is 2.24. The molecule has 1 fully saturated rings. The van der Waals surface area contributed by atoms with Crippen molar-refractivity contribution in [3.8, 4) is 0 Å². The van der Waals surface area contributed by atoms with Crippen LogP contribution in [0.15, 0.2) is 0 Å². The third-order valence-corrected chi connectivity index (χ3v) is 3.84. The predicted molar refractivity (Wildman–Crippen MR) is 80.2 cm³/mol. The summed E-state index contributed by atoms with van der Waals surface area (Å²) in [5.74, 6) is -0.980. The number of carboxylic acid groups (broad SMARTS) is 1. The normalized spacial score (nSPS) is 22.6. The minimum absolute atomic E-state index is 0.0793. The molecule has 0 unspecified atom stereocenters. The van der Waals surface area contributed by atoms with Crippen LogP contribution in [-0.4, -0.2) is 42.9 Å². The second-order valence-corrected chi connectivity index (χ2v) is 6.52. The maximum atomic E-state index is 11.9. The molecule has 0 aromatic heterocycles. The maximum Gasteiger partial charge on any atom is 0.315 e. The second-order valence-electron chi connectivity index (χ2n) is 6.52. The van der Waals surface area contributed by atoms with E-state index < -0.39 is 5.97 Å². The summed E-state index contributed by atoms with van der Waals surface area (Å²) in [7, 11) is 0. The van der Waals surface area contributed by atoms with E-state index in [1.807, 2.05) is 20.8 Å². The van der Waals surface area contributed by atoms with Crippen molar-refractivity contribution >= 4 is 12.0 Å². The van der Waals surface area contributed by atoms with Gasteiger partial charge in [-0.1, -0.05) is 13.8 Å².